The van der Waals surface area contributed by atoms with Crippen LogP contribution in [0.4, 0.5) is 11.4 Å². The number of benzene rings is 4. The SMILES string of the molecule is Cc1ncsc1-c1ccc([C@@H](C)NC(=O)[C@@H]2C[C@@H](O)CN2C(=O)[C@@H](NC(=O)CCCCCCCCCCCNc2ccc(OS(=O)(=O)C3C[C@H]4O[C@@H]3C(c3ccc(NC(=O)CCCCCCC(=O)O)cc3)=C4c3ccc(O)cc3)cc2)C(C)(C)C)cc1. The number of rotatable bonds is 32. The topological polar surface area (TPSA) is 263 Å². The first-order valence-corrected chi connectivity index (χ1v) is 33.2. The summed E-state index contributed by atoms with van der Waals surface area (Å²) in [6.07, 6.45) is 10.5. The lowest BCUT2D eigenvalue weighted by Crippen LogP contribution is -2.57. The number of fused-ring (bicyclic) bond motifs is 2. The van der Waals surface area contributed by atoms with Crippen LogP contribution in [0.1, 0.15) is 172 Å². The fourth-order valence-corrected chi connectivity index (χ4v) is 14.0. The van der Waals surface area contributed by atoms with E-state index in [-0.39, 0.29) is 67.0 Å². The van der Waals surface area contributed by atoms with Crippen molar-refractivity contribution in [3.63, 3.8) is 0 Å². The van der Waals surface area contributed by atoms with Gasteiger partial charge in [0.1, 0.15) is 34.9 Å². The summed E-state index contributed by atoms with van der Waals surface area (Å²) < 4.78 is 40.2. The van der Waals surface area contributed by atoms with Gasteiger partial charge in [0, 0.05) is 56.6 Å². The molecule has 4 heterocycles. The van der Waals surface area contributed by atoms with E-state index in [0.717, 1.165) is 115 Å². The van der Waals surface area contributed by atoms with E-state index in [2.05, 4.69) is 26.3 Å². The van der Waals surface area contributed by atoms with Crippen LogP contribution in [-0.4, -0.2) is 112 Å². The Morgan fingerprint density at radius 3 is 1.89 bits per heavy atom. The van der Waals surface area contributed by atoms with E-state index < -0.39 is 57.1 Å². The number of aromatic hydroxyl groups is 1. The summed E-state index contributed by atoms with van der Waals surface area (Å²) in [4.78, 5) is 71.5. The number of β-amino-alcohol motifs (C(OH)–C–C–N with tert-alkyl or cyclic N) is 1. The largest absolute Gasteiger partial charge is 0.508 e. The molecule has 2 bridgehead atoms. The van der Waals surface area contributed by atoms with Gasteiger partial charge in [-0.15, -0.1) is 11.3 Å². The quantitative estimate of drug-likeness (QED) is 0.0156. The Balaban J connectivity index is 0.708. The van der Waals surface area contributed by atoms with Crippen LogP contribution in [0.15, 0.2) is 103 Å². The average molecular weight is 1230 g/mol. The van der Waals surface area contributed by atoms with E-state index >= 15 is 0 Å². The highest BCUT2D eigenvalue weighted by Crippen LogP contribution is 2.51. The lowest BCUT2D eigenvalue weighted by Gasteiger charge is -2.35. The fourth-order valence-electron chi connectivity index (χ4n) is 11.8. The Morgan fingerprint density at radius 1 is 0.713 bits per heavy atom. The van der Waals surface area contributed by atoms with Crippen LogP contribution in [0, 0.1) is 12.3 Å². The van der Waals surface area contributed by atoms with Crippen LogP contribution in [-0.2, 0) is 38.8 Å². The number of anilines is 2. The molecule has 0 saturated carbocycles. The molecule has 18 nitrogen and oxygen atoms in total. The van der Waals surface area contributed by atoms with Crippen molar-refractivity contribution in [3.05, 3.63) is 125 Å². The van der Waals surface area contributed by atoms with Crippen molar-refractivity contribution in [2.75, 3.05) is 23.7 Å². The van der Waals surface area contributed by atoms with Crippen LogP contribution >= 0.6 is 11.3 Å². The summed E-state index contributed by atoms with van der Waals surface area (Å²) >= 11 is 1.58. The van der Waals surface area contributed by atoms with Gasteiger partial charge in [-0.1, -0.05) is 127 Å². The fraction of sp³-hybridized carbons (Fsp3) is 0.493. The summed E-state index contributed by atoms with van der Waals surface area (Å²) in [6.45, 7) is 10.3. The Kier molecular flexibility index (Phi) is 23.2. The highest BCUT2D eigenvalue weighted by Gasteiger charge is 2.54. The van der Waals surface area contributed by atoms with Crippen molar-refractivity contribution < 1.29 is 56.6 Å². The molecule has 7 atom stereocenters. The van der Waals surface area contributed by atoms with E-state index in [1.165, 1.54) is 4.90 Å². The van der Waals surface area contributed by atoms with Crippen LogP contribution in [0.5, 0.6) is 11.5 Å². The Hall–Kier alpha value is -7.13. The normalized spacial score (nSPS) is 19.0. The standard InChI is InChI=1S/C67H86N6O12S2/c1-43(45-22-24-48(25-23-45)63-44(2)69-42-86-63)70-65(80)54-39-52(75)41-73(54)66(81)64(67(3,4)5)72-58(77)20-15-11-9-7-6-8-10-14-18-38-68-49-32-36-53(37-33-49)85-87(82,83)56-40-55-60(46-28-34-51(74)35-29-46)61(62(56)84-55)47-26-30-50(31-27-47)71-57(76)19-16-12-13-17-21-59(78)79/h22-37,42-43,52,54-56,62,64,68,74-75H,6-21,38-41H2,1-5H3,(H,70,80)(H,71,76)(H,72,77)(H,78,79)/t43-,52-,54+,55-,56?,62+,64-/m1/s1. The Labute approximate surface area is 516 Å². The van der Waals surface area contributed by atoms with Gasteiger partial charge < -0.3 is 50.4 Å². The molecule has 1 unspecified atom stereocenters. The van der Waals surface area contributed by atoms with E-state index in [9.17, 15) is 42.6 Å². The number of amides is 4. The molecule has 2 saturated heterocycles. The van der Waals surface area contributed by atoms with Crippen molar-refractivity contribution in [2.24, 2.45) is 5.41 Å². The lowest BCUT2D eigenvalue weighted by molar-refractivity contribution is -0.144. The number of carbonyl (C=O) groups is 5. The number of carbonyl (C=O) groups excluding carboxylic acids is 4. The molecule has 0 spiro atoms. The number of ether oxygens (including phenoxy) is 1. The molecule has 5 aromatic rings. The number of nitrogens with one attached hydrogen (secondary N) is 4. The number of unbranched alkanes of at least 4 members (excludes halogenated alkanes) is 11. The molecule has 2 fully saturated rings. The third-order valence-corrected chi connectivity index (χ3v) is 19.2. The molecular formula is C67H86N6O12S2. The highest BCUT2D eigenvalue weighted by atomic mass is 32.2. The van der Waals surface area contributed by atoms with Crippen molar-refractivity contribution in [1.82, 2.24) is 20.5 Å². The second-order valence-corrected chi connectivity index (χ2v) is 27.1. The molecule has 8 rings (SSSR count). The maximum absolute atomic E-state index is 14.1. The Morgan fingerprint density at radius 2 is 1.28 bits per heavy atom. The van der Waals surface area contributed by atoms with Crippen LogP contribution in [0.25, 0.3) is 21.6 Å². The number of aryl methyl sites for hydroxylation is 1. The number of carboxylic acids is 1. The molecule has 4 aromatic carbocycles. The number of hydrogen-bond donors (Lipinski definition) is 7. The van der Waals surface area contributed by atoms with Gasteiger partial charge in [-0.2, -0.15) is 8.42 Å². The molecule has 1 aromatic heterocycles. The first kappa shape index (κ1) is 65.8. The second kappa shape index (κ2) is 30.7. The summed E-state index contributed by atoms with van der Waals surface area (Å²) in [5, 5.41) is 41.0. The van der Waals surface area contributed by atoms with Crippen molar-refractivity contribution in [3.8, 4) is 21.9 Å². The monoisotopic (exact) mass is 1230 g/mol. The van der Waals surface area contributed by atoms with Gasteiger partial charge in [-0.25, -0.2) is 4.98 Å². The van der Waals surface area contributed by atoms with Gasteiger partial charge in [-0.3, -0.25) is 24.0 Å². The maximum atomic E-state index is 14.1. The number of thiazole rings is 1. The number of carboxylic acid groups (broad SMARTS) is 1. The van der Waals surface area contributed by atoms with Crippen molar-refractivity contribution in [2.45, 2.75) is 192 Å². The third-order valence-electron chi connectivity index (χ3n) is 16.6. The van der Waals surface area contributed by atoms with Gasteiger partial charge in [0.25, 0.3) is 0 Å². The number of aliphatic carboxylic acids is 1. The molecule has 3 aliphatic rings. The first-order chi connectivity index (χ1) is 41.6. The molecule has 0 aliphatic carbocycles. The lowest BCUT2D eigenvalue weighted by atomic mass is 9.83. The summed E-state index contributed by atoms with van der Waals surface area (Å²) in [5.41, 5.74) is 8.63. The van der Waals surface area contributed by atoms with Crippen molar-refractivity contribution >= 4 is 73.6 Å². The highest BCUT2D eigenvalue weighted by molar-refractivity contribution is 7.87. The maximum Gasteiger partial charge on any atom is 0.315 e. The number of likely N-dealkylation sites (tertiary alicyclic amines) is 1. The summed E-state index contributed by atoms with van der Waals surface area (Å²) in [5.74, 6) is -1.60. The van der Waals surface area contributed by atoms with Gasteiger partial charge in [0.15, 0.2) is 0 Å². The van der Waals surface area contributed by atoms with Crippen LogP contribution in [0.2, 0.25) is 0 Å². The number of phenolic OH excluding ortho intramolecular Hbond substituents is 1. The Bertz CT molecular complexity index is 3270. The average Bonchev–Trinajstić information content (AvgIpc) is 1.60. The van der Waals surface area contributed by atoms with E-state index in [1.54, 1.807) is 72.0 Å². The predicted octanol–water partition coefficient (Wildman–Crippen LogP) is 11.7. The van der Waals surface area contributed by atoms with Crippen molar-refractivity contribution in [1.29, 1.82) is 0 Å². The van der Waals surface area contributed by atoms with E-state index in [1.807, 2.05) is 76.5 Å². The molecule has 20 heteroatoms. The zero-order valence-electron chi connectivity index (χ0n) is 50.7. The first-order valence-electron chi connectivity index (χ1n) is 30.8. The van der Waals surface area contributed by atoms with Crippen LogP contribution < -0.4 is 25.5 Å². The van der Waals surface area contributed by atoms with E-state index in [0.29, 0.717) is 43.4 Å². The van der Waals surface area contributed by atoms with Gasteiger partial charge >= 0.3 is 16.1 Å². The molecule has 4 amide bonds. The minimum atomic E-state index is -4.18. The van der Waals surface area contributed by atoms with Gasteiger partial charge in [-0.05, 0) is 127 Å². The second-order valence-electron chi connectivity index (χ2n) is 24.5. The number of hydrogen-bond acceptors (Lipinski definition) is 14. The molecule has 3 aliphatic heterocycles. The summed E-state index contributed by atoms with van der Waals surface area (Å²) in [7, 11) is -4.18. The number of aliphatic hydroxyl groups is 1. The zero-order chi connectivity index (χ0) is 62.3. The molecule has 87 heavy (non-hydrogen) atoms. The molecular weight excluding hydrogens is 1140 g/mol. The predicted molar refractivity (Wildman–Crippen MR) is 339 cm³/mol. The van der Waals surface area contributed by atoms with Crippen LogP contribution in [0.3, 0.4) is 0 Å². The molecule has 468 valence electrons. The molecule has 7 N–H and O–H groups in total. The minimum absolute atomic E-state index is 0.0134. The number of aromatic nitrogens is 1. The smallest absolute Gasteiger partial charge is 0.315 e. The zero-order valence-corrected chi connectivity index (χ0v) is 52.4. The van der Waals surface area contributed by atoms with Gasteiger partial charge in [0.2, 0.25) is 23.6 Å². The third kappa shape index (κ3) is 18.2. The number of nitrogens with zero attached hydrogens (tertiary/aromatic N) is 2. The molecule has 0 radical (unpaired) electrons. The van der Waals surface area contributed by atoms with E-state index in [4.69, 9.17) is 14.0 Å². The summed E-state index contributed by atoms with van der Waals surface area (Å²) in [6, 6.07) is 26.8. The van der Waals surface area contributed by atoms with Gasteiger partial charge in [0.05, 0.1) is 34.3 Å². The number of phenols is 1. The number of aliphatic hydroxyl groups excluding tert-OH is 1. The minimum Gasteiger partial charge on any atom is -0.508 e.